The number of likely N-dealkylation sites (N-methyl/N-ethyl adjacent to an activating group) is 1. The molecule has 3 aromatic rings. The van der Waals surface area contributed by atoms with E-state index in [-0.39, 0.29) is 40.4 Å². The lowest BCUT2D eigenvalue weighted by Gasteiger charge is -2.34. The summed E-state index contributed by atoms with van der Waals surface area (Å²) in [6.45, 7) is 6.12. The number of anilines is 4. The summed E-state index contributed by atoms with van der Waals surface area (Å²) in [5, 5.41) is 7.08. The number of nitrogens with one attached hydrogen (secondary N) is 1. The zero-order valence-corrected chi connectivity index (χ0v) is 23.3. The molecular formula is C27H29F6N7O3. The van der Waals surface area contributed by atoms with Crippen molar-refractivity contribution < 1.29 is 40.6 Å². The van der Waals surface area contributed by atoms with Crippen molar-refractivity contribution in [1.82, 2.24) is 14.9 Å². The minimum atomic E-state index is -5.00. The molecule has 0 atom stereocenters. The molecule has 10 nitrogen and oxygen atoms in total. The molecule has 1 aliphatic heterocycles. The molecule has 1 saturated heterocycles. The highest BCUT2D eigenvalue weighted by Gasteiger charge is 2.34. The lowest BCUT2D eigenvalue weighted by atomic mass is 10.1. The Balaban J connectivity index is 1.80. The van der Waals surface area contributed by atoms with Gasteiger partial charge in [0, 0.05) is 50.2 Å². The number of alkyl halides is 6. The van der Waals surface area contributed by atoms with Crippen molar-refractivity contribution in [3.05, 3.63) is 42.1 Å². The summed E-state index contributed by atoms with van der Waals surface area (Å²) in [6, 6.07) is 7.05. The van der Waals surface area contributed by atoms with Gasteiger partial charge in [0.1, 0.15) is 12.1 Å². The van der Waals surface area contributed by atoms with Crippen LogP contribution in [-0.2, 0) is 16.0 Å². The first-order valence-electron chi connectivity index (χ1n) is 13.1. The normalized spacial score (nSPS) is 14.5. The number of aromatic nitrogens is 2. The lowest BCUT2D eigenvalue weighted by molar-refractivity contribution is -0.274. The van der Waals surface area contributed by atoms with Crippen molar-refractivity contribution in [2.45, 2.75) is 25.9 Å². The Labute approximate surface area is 242 Å². The van der Waals surface area contributed by atoms with Crippen molar-refractivity contribution in [1.29, 1.82) is 0 Å². The summed E-state index contributed by atoms with van der Waals surface area (Å²) >= 11 is 0. The number of carbonyl (C=O) groups excluding carboxylic acids is 1. The predicted octanol–water partition coefficient (Wildman–Crippen LogP) is 5.11. The maximum atomic E-state index is 13.5. The molecule has 0 amide bonds. The number of ether oxygens (including phenoxy) is 2. The molecule has 0 saturated carbocycles. The van der Waals surface area contributed by atoms with E-state index in [0.717, 1.165) is 13.1 Å². The van der Waals surface area contributed by atoms with Crippen LogP contribution in [0.4, 0.5) is 49.4 Å². The molecule has 43 heavy (non-hydrogen) atoms. The van der Waals surface area contributed by atoms with Crippen LogP contribution < -0.4 is 20.0 Å². The number of hydrogen-bond donors (Lipinski definition) is 1. The van der Waals surface area contributed by atoms with Gasteiger partial charge in [-0.2, -0.15) is 18.3 Å². The Kier molecular flexibility index (Phi) is 9.47. The topological polar surface area (TPSA) is 95.4 Å². The molecule has 1 aliphatic rings. The zero-order valence-electron chi connectivity index (χ0n) is 23.3. The molecule has 2 heterocycles. The van der Waals surface area contributed by atoms with Gasteiger partial charge in [-0.25, -0.2) is 9.97 Å². The SMILES string of the molecule is C=NN(CC(F)(F)F)c1c(CC(=O)OCC)ccc2cnc(Nc3cc(N4CCN(C)CC4)ccc3OC(F)(F)F)nc12. The van der Waals surface area contributed by atoms with Gasteiger partial charge in [-0.3, -0.25) is 9.80 Å². The van der Waals surface area contributed by atoms with Gasteiger partial charge in [0.2, 0.25) is 5.95 Å². The number of rotatable bonds is 10. The number of halogens is 6. The number of esters is 1. The number of fused-ring (bicyclic) bond motifs is 1. The second-order valence-corrected chi connectivity index (χ2v) is 9.64. The first-order chi connectivity index (χ1) is 20.3. The number of piperazine rings is 1. The lowest BCUT2D eigenvalue weighted by Crippen LogP contribution is -2.44. The molecule has 0 radical (unpaired) electrons. The average molecular weight is 614 g/mol. The Hall–Kier alpha value is -4.34. The summed E-state index contributed by atoms with van der Waals surface area (Å²) in [7, 11) is 1.96. The van der Waals surface area contributed by atoms with Crippen LogP contribution in [0.2, 0.25) is 0 Å². The molecule has 1 fully saturated rings. The van der Waals surface area contributed by atoms with Crippen molar-refractivity contribution in [2.75, 3.05) is 61.6 Å². The average Bonchev–Trinajstić information content (AvgIpc) is 2.92. The van der Waals surface area contributed by atoms with Gasteiger partial charge in [-0.1, -0.05) is 12.1 Å². The zero-order chi connectivity index (χ0) is 31.4. The van der Waals surface area contributed by atoms with E-state index in [9.17, 15) is 31.1 Å². The predicted molar refractivity (Wildman–Crippen MR) is 149 cm³/mol. The van der Waals surface area contributed by atoms with Crippen LogP contribution in [-0.4, -0.2) is 86.5 Å². The van der Waals surface area contributed by atoms with E-state index >= 15 is 0 Å². The van der Waals surface area contributed by atoms with Crippen molar-refractivity contribution >= 4 is 46.6 Å². The van der Waals surface area contributed by atoms with Crippen molar-refractivity contribution in [2.24, 2.45) is 5.10 Å². The Morgan fingerprint density at radius 2 is 1.84 bits per heavy atom. The van der Waals surface area contributed by atoms with E-state index in [4.69, 9.17) is 4.74 Å². The van der Waals surface area contributed by atoms with Gasteiger partial charge in [-0.15, -0.1) is 13.2 Å². The summed E-state index contributed by atoms with van der Waals surface area (Å²) in [6.07, 6.45) is -8.82. The van der Waals surface area contributed by atoms with Gasteiger partial charge in [0.05, 0.1) is 24.4 Å². The Morgan fingerprint density at radius 3 is 2.47 bits per heavy atom. The number of hydrazone groups is 1. The van der Waals surface area contributed by atoms with Crippen LogP contribution >= 0.6 is 0 Å². The second-order valence-electron chi connectivity index (χ2n) is 9.64. The van der Waals surface area contributed by atoms with E-state index in [0.29, 0.717) is 23.8 Å². The fourth-order valence-corrected chi connectivity index (χ4v) is 4.56. The van der Waals surface area contributed by atoms with E-state index in [1.165, 1.54) is 36.5 Å². The molecule has 232 valence electrons. The van der Waals surface area contributed by atoms with Crippen LogP contribution in [0.5, 0.6) is 5.75 Å². The molecule has 0 aliphatic carbocycles. The quantitative estimate of drug-likeness (QED) is 0.145. The minimum absolute atomic E-state index is 0.0514. The Bertz CT molecular complexity index is 1460. The third-order valence-corrected chi connectivity index (χ3v) is 6.51. The maximum Gasteiger partial charge on any atom is 0.573 e. The maximum absolute atomic E-state index is 13.5. The standard InChI is InChI=1S/C27H29F6N7O3/c1-4-42-22(41)13-17-5-6-18-15-35-25(37-23(18)24(17)40(34-2)16-26(28,29)30)36-20-14-19(39-11-9-38(3)10-12-39)7-8-21(20)43-27(31,32)33/h5-8,14-15H,2,4,9-13,16H2,1,3H3,(H,35,36,37). The summed E-state index contributed by atoms with van der Waals surface area (Å²) in [4.78, 5) is 24.9. The molecule has 1 N–H and O–H groups in total. The van der Waals surface area contributed by atoms with Crippen LogP contribution in [0.3, 0.4) is 0 Å². The van der Waals surface area contributed by atoms with Gasteiger partial charge < -0.3 is 24.6 Å². The van der Waals surface area contributed by atoms with Crippen molar-refractivity contribution in [3.8, 4) is 5.75 Å². The molecular weight excluding hydrogens is 584 g/mol. The molecule has 16 heteroatoms. The monoisotopic (exact) mass is 613 g/mol. The third kappa shape index (κ3) is 8.37. The van der Waals surface area contributed by atoms with E-state index in [1.54, 1.807) is 6.92 Å². The molecule has 0 unspecified atom stereocenters. The van der Waals surface area contributed by atoms with Crippen LogP contribution in [0.15, 0.2) is 41.6 Å². The smallest absolute Gasteiger partial charge is 0.466 e. The number of carbonyl (C=O) groups is 1. The minimum Gasteiger partial charge on any atom is -0.466 e. The highest BCUT2D eigenvalue weighted by Crippen LogP contribution is 2.37. The molecule has 2 aromatic carbocycles. The van der Waals surface area contributed by atoms with Gasteiger partial charge >= 0.3 is 18.5 Å². The van der Waals surface area contributed by atoms with Crippen LogP contribution in [0.25, 0.3) is 10.9 Å². The summed E-state index contributed by atoms with van der Waals surface area (Å²) in [5.41, 5.74) is 0.387. The van der Waals surface area contributed by atoms with Gasteiger partial charge in [0.25, 0.3) is 0 Å². The Morgan fingerprint density at radius 1 is 1.12 bits per heavy atom. The third-order valence-electron chi connectivity index (χ3n) is 6.51. The van der Waals surface area contributed by atoms with E-state index < -0.39 is 37.2 Å². The highest BCUT2D eigenvalue weighted by atomic mass is 19.4. The van der Waals surface area contributed by atoms with Crippen LogP contribution in [0.1, 0.15) is 12.5 Å². The van der Waals surface area contributed by atoms with Gasteiger partial charge in [-0.05, 0) is 37.7 Å². The van der Waals surface area contributed by atoms with E-state index in [2.05, 4.69) is 36.7 Å². The van der Waals surface area contributed by atoms with E-state index in [1.807, 2.05) is 11.9 Å². The highest BCUT2D eigenvalue weighted by molar-refractivity contribution is 5.95. The number of benzene rings is 2. The fourth-order valence-electron chi connectivity index (χ4n) is 4.56. The fraction of sp³-hybridized carbons (Fsp3) is 0.407. The molecule has 0 bridgehead atoms. The van der Waals surface area contributed by atoms with Crippen molar-refractivity contribution in [3.63, 3.8) is 0 Å². The second kappa shape index (κ2) is 12.9. The number of hydrogen-bond acceptors (Lipinski definition) is 10. The molecule has 0 spiro atoms. The van der Waals surface area contributed by atoms with Gasteiger partial charge in [0.15, 0.2) is 5.75 Å². The summed E-state index contributed by atoms with van der Waals surface area (Å²) in [5.74, 6) is -1.49. The summed E-state index contributed by atoms with van der Waals surface area (Å²) < 4.78 is 89.3. The first-order valence-corrected chi connectivity index (χ1v) is 13.1. The molecule has 4 rings (SSSR count). The van der Waals surface area contributed by atoms with Crippen LogP contribution in [0, 0.1) is 0 Å². The first kappa shape index (κ1) is 31.6. The number of nitrogens with zero attached hydrogens (tertiary/aromatic N) is 6. The largest absolute Gasteiger partial charge is 0.573 e. The molecule has 1 aromatic heterocycles.